The van der Waals surface area contributed by atoms with Crippen LogP contribution >= 0.6 is 0 Å². The van der Waals surface area contributed by atoms with Crippen LogP contribution in [-0.4, -0.2) is 34.2 Å². The molecule has 6 rings (SSSR count). The summed E-state index contributed by atoms with van der Waals surface area (Å²) in [6, 6.07) is 6.01. The fourth-order valence-electron chi connectivity index (χ4n) is 6.31. The second-order valence-electron chi connectivity index (χ2n) is 8.89. The van der Waals surface area contributed by atoms with Crippen molar-refractivity contribution in [3.63, 3.8) is 0 Å². The molecule has 1 aromatic carbocycles. The van der Waals surface area contributed by atoms with Crippen LogP contribution in [0.2, 0.25) is 0 Å². The van der Waals surface area contributed by atoms with Gasteiger partial charge in [0, 0.05) is 5.54 Å². The predicted molar refractivity (Wildman–Crippen MR) is 95.4 cm³/mol. The highest BCUT2D eigenvalue weighted by molar-refractivity contribution is 6.22. The Hall–Kier alpha value is -2.17. The molecule has 3 amide bonds. The normalized spacial score (nSPS) is 35.6. The van der Waals surface area contributed by atoms with E-state index in [2.05, 4.69) is 5.32 Å². The molecule has 4 aliphatic carbocycles. The standard InChI is InChI=1S/C21H24N2O3/c1-12(23-19(25)16-4-2-3-5-17(16)20(23)26)18(24)22-21-9-13-6-14(10-21)8-15(7-13)11-21/h2-5,12-15H,6-11H2,1H3,(H,22,24)/t12-,13?,14?,15?,21?/m0/s1. The van der Waals surface area contributed by atoms with E-state index in [0.29, 0.717) is 11.1 Å². The van der Waals surface area contributed by atoms with Gasteiger partial charge in [-0.1, -0.05) is 12.1 Å². The number of rotatable bonds is 3. The van der Waals surface area contributed by atoms with E-state index in [9.17, 15) is 14.4 Å². The molecule has 1 atom stereocenters. The third-order valence-electron chi connectivity index (χ3n) is 7.02. The Labute approximate surface area is 153 Å². The van der Waals surface area contributed by atoms with Crippen molar-refractivity contribution in [2.75, 3.05) is 0 Å². The van der Waals surface area contributed by atoms with Crippen molar-refractivity contribution in [2.45, 2.75) is 57.0 Å². The molecule has 0 spiro atoms. The average Bonchev–Trinajstić information content (AvgIpc) is 2.84. The summed E-state index contributed by atoms with van der Waals surface area (Å²) in [5, 5.41) is 3.28. The van der Waals surface area contributed by atoms with E-state index in [4.69, 9.17) is 0 Å². The van der Waals surface area contributed by atoms with Gasteiger partial charge in [0.1, 0.15) is 6.04 Å². The fourth-order valence-corrected chi connectivity index (χ4v) is 6.31. The van der Waals surface area contributed by atoms with Crippen LogP contribution in [0.5, 0.6) is 0 Å². The zero-order valence-electron chi connectivity index (χ0n) is 15.0. The zero-order valence-corrected chi connectivity index (χ0v) is 15.0. The first kappa shape index (κ1) is 16.0. The zero-order chi connectivity index (χ0) is 18.1. The third-order valence-corrected chi connectivity index (χ3v) is 7.02. The Kier molecular flexibility index (Phi) is 3.34. The van der Waals surface area contributed by atoms with Crippen LogP contribution in [0.25, 0.3) is 0 Å². The van der Waals surface area contributed by atoms with Crippen molar-refractivity contribution in [1.82, 2.24) is 10.2 Å². The SMILES string of the molecule is C[C@@H](C(=O)NC12CC3CC(CC(C3)C1)C2)N1C(=O)c2ccccc2C1=O. The molecule has 4 saturated carbocycles. The molecule has 1 heterocycles. The Bertz CT molecular complexity index is 745. The predicted octanol–water partition coefficient (Wildman–Crippen LogP) is 2.76. The quantitative estimate of drug-likeness (QED) is 0.851. The van der Waals surface area contributed by atoms with Gasteiger partial charge in [0.15, 0.2) is 0 Å². The number of fused-ring (bicyclic) bond motifs is 1. The van der Waals surface area contributed by atoms with Gasteiger partial charge in [0.2, 0.25) is 5.91 Å². The lowest BCUT2D eigenvalue weighted by atomic mass is 9.53. The van der Waals surface area contributed by atoms with Gasteiger partial charge in [-0.3, -0.25) is 19.3 Å². The van der Waals surface area contributed by atoms with Gasteiger partial charge in [0.25, 0.3) is 11.8 Å². The lowest BCUT2D eigenvalue weighted by Gasteiger charge is -2.57. The van der Waals surface area contributed by atoms with E-state index < -0.39 is 6.04 Å². The lowest BCUT2D eigenvalue weighted by molar-refractivity contribution is -0.130. The van der Waals surface area contributed by atoms with Crippen molar-refractivity contribution in [1.29, 1.82) is 0 Å². The number of nitrogens with zero attached hydrogens (tertiary/aromatic N) is 1. The Morgan fingerprint density at radius 2 is 1.46 bits per heavy atom. The number of carbonyl (C=O) groups excluding carboxylic acids is 3. The second-order valence-corrected chi connectivity index (χ2v) is 8.89. The summed E-state index contributed by atoms with van der Waals surface area (Å²) >= 11 is 0. The highest BCUT2D eigenvalue weighted by Gasteiger charge is 2.52. The molecule has 5 nitrogen and oxygen atoms in total. The molecular formula is C21H24N2O3. The highest BCUT2D eigenvalue weighted by Crippen LogP contribution is 2.55. The van der Waals surface area contributed by atoms with Gasteiger partial charge in [-0.15, -0.1) is 0 Å². The van der Waals surface area contributed by atoms with Crippen molar-refractivity contribution in [2.24, 2.45) is 17.8 Å². The summed E-state index contributed by atoms with van der Waals surface area (Å²) in [6.07, 6.45) is 7.09. The summed E-state index contributed by atoms with van der Waals surface area (Å²) in [7, 11) is 0. The van der Waals surface area contributed by atoms with E-state index in [-0.39, 0.29) is 23.3 Å². The summed E-state index contributed by atoms with van der Waals surface area (Å²) in [6.45, 7) is 1.66. The van der Waals surface area contributed by atoms with Crippen LogP contribution in [0.1, 0.15) is 66.2 Å². The van der Waals surface area contributed by atoms with Crippen LogP contribution in [0.3, 0.4) is 0 Å². The van der Waals surface area contributed by atoms with Gasteiger partial charge in [-0.25, -0.2) is 0 Å². The number of amides is 3. The molecule has 136 valence electrons. The molecule has 5 aliphatic rings. The molecule has 0 radical (unpaired) electrons. The maximum atomic E-state index is 13.0. The molecule has 4 fully saturated rings. The molecular weight excluding hydrogens is 328 g/mol. The van der Waals surface area contributed by atoms with E-state index in [1.807, 2.05) is 0 Å². The lowest BCUT2D eigenvalue weighted by Crippen LogP contribution is -2.62. The van der Waals surface area contributed by atoms with Crippen LogP contribution in [0.4, 0.5) is 0 Å². The summed E-state index contributed by atoms with van der Waals surface area (Å²) in [5.74, 6) is 1.28. The first-order valence-corrected chi connectivity index (χ1v) is 9.75. The summed E-state index contributed by atoms with van der Waals surface area (Å²) < 4.78 is 0. The van der Waals surface area contributed by atoms with Crippen LogP contribution in [0.15, 0.2) is 24.3 Å². The van der Waals surface area contributed by atoms with Crippen LogP contribution in [0, 0.1) is 17.8 Å². The maximum absolute atomic E-state index is 13.0. The molecule has 0 saturated heterocycles. The molecule has 0 aromatic heterocycles. The minimum Gasteiger partial charge on any atom is -0.349 e. The Balaban J connectivity index is 1.35. The first-order chi connectivity index (χ1) is 12.5. The average molecular weight is 352 g/mol. The molecule has 1 N–H and O–H groups in total. The van der Waals surface area contributed by atoms with E-state index in [0.717, 1.165) is 41.9 Å². The minimum absolute atomic E-state index is 0.112. The van der Waals surface area contributed by atoms with E-state index in [1.165, 1.54) is 19.3 Å². The molecule has 1 aliphatic heterocycles. The van der Waals surface area contributed by atoms with Crippen LogP contribution < -0.4 is 5.32 Å². The minimum atomic E-state index is -0.782. The van der Waals surface area contributed by atoms with Crippen molar-refractivity contribution in [3.8, 4) is 0 Å². The topological polar surface area (TPSA) is 66.5 Å². The van der Waals surface area contributed by atoms with Crippen molar-refractivity contribution in [3.05, 3.63) is 35.4 Å². The fraction of sp³-hybridized carbons (Fsp3) is 0.571. The monoisotopic (exact) mass is 352 g/mol. The summed E-state index contributed by atoms with van der Waals surface area (Å²) in [4.78, 5) is 39.4. The van der Waals surface area contributed by atoms with Gasteiger partial charge in [-0.2, -0.15) is 0 Å². The maximum Gasteiger partial charge on any atom is 0.262 e. The van der Waals surface area contributed by atoms with Gasteiger partial charge >= 0.3 is 0 Å². The number of imide groups is 1. The molecule has 0 unspecified atom stereocenters. The number of hydrogen-bond acceptors (Lipinski definition) is 3. The third kappa shape index (κ3) is 2.25. The highest BCUT2D eigenvalue weighted by atomic mass is 16.2. The number of carbonyl (C=O) groups is 3. The molecule has 1 aromatic rings. The van der Waals surface area contributed by atoms with E-state index >= 15 is 0 Å². The number of hydrogen-bond donors (Lipinski definition) is 1. The molecule has 5 heteroatoms. The number of benzene rings is 1. The second kappa shape index (κ2) is 5.41. The van der Waals surface area contributed by atoms with Gasteiger partial charge in [-0.05, 0) is 75.3 Å². The number of nitrogens with one attached hydrogen (secondary N) is 1. The van der Waals surface area contributed by atoms with Gasteiger partial charge < -0.3 is 5.32 Å². The smallest absolute Gasteiger partial charge is 0.262 e. The molecule has 4 bridgehead atoms. The largest absolute Gasteiger partial charge is 0.349 e. The Morgan fingerprint density at radius 1 is 1.00 bits per heavy atom. The Morgan fingerprint density at radius 3 is 1.92 bits per heavy atom. The molecule has 26 heavy (non-hydrogen) atoms. The first-order valence-electron chi connectivity index (χ1n) is 9.75. The van der Waals surface area contributed by atoms with E-state index in [1.54, 1.807) is 31.2 Å². The summed E-state index contributed by atoms with van der Waals surface area (Å²) in [5.41, 5.74) is 0.678. The van der Waals surface area contributed by atoms with Gasteiger partial charge in [0.05, 0.1) is 11.1 Å². The van der Waals surface area contributed by atoms with Crippen LogP contribution in [-0.2, 0) is 4.79 Å². The van der Waals surface area contributed by atoms with Crippen molar-refractivity contribution >= 4 is 17.7 Å². The van der Waals surface area contributed by atoms with Crippen molar-refractivity contribution < 1.29 is 14.4 Å².